The van der Waals surface area contributed by atoms with Crippen LogP contribution in [-0.2, 0) is 18.3 Å². The van der Waals surface area contributed by atoms with Crippen molar-refractivity contribution in [3.05, 3.63) is 17.5 Å². The number of halogens is 1. The van der Waals surface area contributed by atoms with Crippen molar-refractivity contribution in [3.8, 4) is 0 Å². The first-order valence-electron chi connectivity index (χ1n) is 6.01. The lowest BCUT2D eigenvalue weighted by Crippen LogP contribution is -2.48. The molecule has 17 heavy (non-hydrogen) atoms. The first-order chi connectivity index (χ1) is 8.10. The van der Waals surface area contributed by atoms with Crippen LogP contribution in [0.3, 0.4) is 0 Å². The van der Waals surface area contributed by atoms with Crippen LogP contribution in [0.4, 0.5) is 0 Å². The standard InChI is InChI=1S/C12H20BrN3O/c1-9-4-11(15(3)14-9)6-16-7-12(5-13)17-8-10(16)2/h4,10,12H,5-8H2,1-3H3. The summed E-state index contributed by atoms with van der Waals surface area (Å²) in [4.78, 5) is 2.46. The fraction of sp³-hybridized carbons (Fsp3) is 0.750. The van der Waals surface area contributed by atoms with Crippen molar-refractivity contribution in [2.45, 2.75) is 32.5 Å². The average molecular weight is 302 g/mol. The molecule has 1 aromatic rings. The van der Waals surface area contributed by atoms with E-state index in [1.165, 1.54) is 5.69 Å². The van der Waals surface area contributed by atoms with Crippen LogP contribution in [0.1, 0.15) is 18.3 Å². The highest BCUT2D eigenvalue weighted by atomic mass is 79.9. The average Bonchev–Trinajstić information content (AvgIpc) is 2.60. The quantitative estimate of drug-likeness (QED) is 0.796. The highest BCUT2D eigenvalue weighted by molar-refractivity contribution is 9.09. The van der Waals surface area contributed by atoms with Gasteiger partial charge in [-0.2, -0.15) is 5.10 Å². The van der Waals surface area contributed by atoms with Crippen molar-refractivity contribution >= 4 is 15.9 Å². The molecule has 0 spiro atoms. The third kappa shape index (κ3) is 3.09. The second-order valence-electron chi connectivity index (χ2n) is 4.79. The molecule has 1 saturated heterocycles. The molecule has 4 nitrogen and oxygen atoms in total. The molecule has 2 heterocycles. The van der Waals surface area contributed by atoms with E-state index in [4.69, 9.17) is 4.74 Å². The van der Waals surface area contributed by atoms with E-state index >= 15 is 0 Å². The molecule has 0 N–H and O–H groups in total. The van der Waals surface area contributed by atoms with Gasteiger partial charge in [0.25, 0.3) is 0 Å². The van der Waals surface area contributed by atoms with E-state index < -0.39 is 0 Å². The number of ether oxygens (including phenoxy) is 1. The lowest BCUT2D eigenvalue weighted by Gasteiger charge is -2.37. The highest BCUT2D eigenvalue weighted by Gasteiger charge is 2.26. The Morgan fingerprint density at radius 3 is 2.94 bits per heavy atom. The van der Waals surface area contributed by atoms with E-state index in [1.807, 2.05) is 18.7 Å². The summed E-state index contributed by atoms with van der Waals surface area (Å²) in [6.07, 6.45) is 0.306. The van der Waals surface area contributed by atoms with Crippen LogP contribution in [0.15, 0.2) is 6.07 Å². The number of aromatic nitrogens is 2. The molecular formula is C12H20BrN3O. The minimum absolute atomic E-state index is 0.306. The lowest BCUT2D eigenvalue weighted by molar-refractivity contribution is -0.0507. The summed E-state index contributed by atoms with van der Waals surface area (Å²) in [5.41, 5.74) is 2.35. The molecular weight excluding hydrogens is 282 g/mol. The second kappa shape index (κ2) is 5.50. The zero-order chi connectivity index (χ0) is 12.4. The number of alkyl halides is 1. The van der Waals surface area contributed by atoms with Gasteiger partial charge in [0, 0.05) is 31.5 Å². The van der Waals surface area contributed by atoms with Gasteiger partial charge in [0.05, 0.1) is 24.1 Å². The van der Waals surface area contributed by atoms with Gasteiger partial charge in [0.15, 0.2) is 0 Å². The highest BCUT2D eigenvalue weighted by Crippen LogP contribution is 2.16. The maximum Gasteiger partial charge on any atom is 0.0799 e. The van der Waals surface area contributed by atoms with Crippen LogP contribution in [0.25, 0.3) is 0 Å². The summed E-state index contributed by atoms with van der Waals surface area (Å²) in [6, 6.07) is 2.63. The zero-order valence-corrected chi connectivity index (χ0v) is 12.3. The number of rotatable bonds is 3. The van der Waals surface area contributed by atoms with Crippen molar-refractivity contribution in [1.82, 2.24) is 14.7 Å². The van der Waals surface area contributed by atoms with Crippen molar-refractivity contribution < 1.29 is 4.74 Å². The molecule has 96 valence electrons. The van der Waals surface area contributed by atoms with Gasteiger partial charge in [-0.05, 0) is 19.9 Å². The summed E-state index contributed by atoms with van der Waals surface area (Å²) in [5.74, 6) is 0. The molecule has 2 atom stereocenters. The molecule has 2 unspecified atom stereocenters. The zero-order valence-electron chi connectivity index (χ0n) is 10.7. The number of morpholine rings is 1. The number of hydrogen-bond acceptors (Lipinski definition) is 3. The molecule has 0 amide bonds. The van der Waals surface area contributed by atoms with E-state index in [-0.39, 0.29) is 0 Å². The first-order valence-corrected chi connectivity index (χ1v) is 7.13. The largest absolute Gasteiger partial charge is 0.374 e. The van der Waals surface area contributed by atoms with E-state index in [2.05, 4.69) is 38.9 Å². The third-order valence-electron chi connectivity index (χ3n) is 3.27. The van der Waals surface area contributed by atoms with Crippen LogP contribution in [0, 0.1) is 6.92 Å². The predicted octanol–water partition coefficient (Wildman–Crippen LogP) is 1.71. The van der Waals surface area contributed by atoms with Gasteiger partial charge in [-0.25, -0.2) is 0 Å². The van der Waals surface area contributed by atoms with Crippen molar-refractivity contribution in [2.75, 3.05) is 18.5 Å². The predicted molar refractivity (Wildman–Crippen MR) is 71.4 cm³/mol. The van der Waals surface area contributed by atoms with Crippen LogP contribution in [0.2, 0.25) is 0 Å². The maximum absolute atomic E-state index is 5.73. The normalized spacial score (nSPS) is 26.4. The van der Waals surface area contributed by atoms with Crippen LogP contribution in [-0.4, -0.2) is 45.3 Å². The Bertz CT molecular complexity index is 380. The summed E-state index contributed by atoms with van der Waals surface area (Å²) >= 11 is 3.49. The molecule has 0 bridgehead atoms. The topological polar surface area (TPSA) is 30.3 Å². The third-order valence-corrected chi connectivity index (χ3v) is 3.99. The van der Waals surface area contributed by atoms with Gasteiger partial charge >= 0.3 is 0 Å². The first kappa shape index (κ1) is 13.1. The minimum Gasteiger partial charge on any atom is -0.374 e. The Kier molecular flexibility index (Phi) is 4.22. The summed E-state index contributed by atoms with van der Waals surface area (Å²) in [7, 11) is 2.01. The molecule has 1 aliphatic heterocycles. The molecule has 1 fully saturated rings. The fourth-order valence-electron chi connectivity index (χ4n) is 2.21. The Balaban J connectivity index is 2.03. The molecule has 1 aromatic heterocycles. The van der Waals surface area contributed by atoms with E-state index in [9.17, 15) is 0 Å². The van der Waals surface area contributed by atoms with Crippen LogP contribution < -0.4 is 0 Å². The van der Waals surface area contributed by atoms with Gasteiger partial charge in [-0.3, -0.25) is 9.58 Å². The maximum atomic E-state index is 5.73. The minimum atomic E-state index is 0.306. The molecule has 0 saturated carbocycles. The number of nitrogens with zero attached hydrogens (tertiary/aromatic N) is 3. The fourth-order valence-corrected chi connectivity index (χ4v) is 2.60. The summed E-state index contributed by atoms with van der Waals surface area (Å²) in [5, 5.41) is 5.29. The molecule has 0 radical (unpaired) electrons. The lowest BCUT2D eigenvalue weighted by atomic mass is 10.2. The molecule has 1 aliphatic rings. The van der Waals surface area contributed by atoms with Crippen molar-refractivity contribution in [2.24, 2.45) is 7.05 Å². The van der Waals surface area contributed by atoms with Gasteiger partial charge in [0.1, 0.15) is 0 Å². The molecule has 0 aliphatic carbocycles. The van der Waals surface area contributed by atoms with Crippen molar-refractivity contribution in [1.29, 1.82) is 0 Å². The monoisotopic (exact) mass is 301 g/mol. The Morgan fingerprint density at radius 1 is 1.59 bits per heavy atom. The summed E-state index contributed by atoms with van der Waals surface area (Å²) < 4.78 is 7.70. The molecule has 0 aromatic carbocycles. The number of aryl methyl sites for hydroxylation is 2. The Labute approximate surface area is 111 Å². The van der Waals surface area contributed by atoms with E-state index in [0.29, 0.717) is 12.1 Å². The van der Waals surface area contributed by atoms with Crippen LogP contribution >= 0.6 is 15.9 Å². The van der Waals surface area contributed by atoms with E-state index in [1.54, 1.807) is 0 Å². The summed E-state index contributed by atoms with van der Waals surface area (Å²) in [6.45, 7) is 7.00. The van der Waals surface area contributed by atoms with Gasteiger partial charge in [-0.15, -0.1) is 0 Å². The van der Waals surface area contributed by atoms with Gasteiger partial charge in [0.2, 0.25) is 0 Å². The van der Waals surface area contributed by atoms with Crippen molar-refractivity contribution in [3.63, 3.8) is 0 Å². The smallest absolute Gasteiger partial charge is 0.0799 e. The van der Waals surface area contributed by atoms with E-state index in [0.717, 1.165) is 30.7 Å². The second-order valence-corrected chi connectivity index (χ2v) is 5.44. The molecule has 2 rings (SSSR count). The SMILES string of the molecule is Cc1cc(CN2CC(CBr)OCC2C)n(C)n1. The number of hydrogen-bond donors (Lipinski definition) is 0. The van der Waals surface area contributed by atoms with Crippen LogP contribution in [0.5, 0.6) is 0 Å². The Morgan fingerprint density at radius 2 is 2.35 bits per heavy atom. The van der Waals surface area contributed by atoms with Gasteiger partial charge < -0.3 is 4.74 Å². The Hall–Kier alpha value is -0.390. The molecule has 5 heteroatoms. The van der Waals surface area contributed by atoms with Gasteiger partial charge in [-0.1, -0.05) is 15.9 Å².